The van der Waals surface area contributed by atoms with Crippen LogP contribution in [0.4, 0.5) is 4.39 Å². The van der Waals surface area contributed by atoms with Crippen LogP contribution in [0.15, 0.2) is 35.3 Å². The van der Waals surface area contributed by atoms with E-state index in [1.54, 1.807) is 0 Å². The van der Waals surface area contributed by atoms with E-state index >= 15 is 0 Å². The van der Waals surface area contributed by atoms with Crippen molar-refractivity contribution in [1.82, 2.24) is 10.6 Å². The molecule has 0 aliphatic heterocycles. The molecule has 3 N–H and O–H groups in total. The Morgan fingerprint density at radius 3 is 2.25 bits per heavy atom. The Kier molecular flexibility index (Phi) is 7.57. The summed E-state index contributed by atoms with van der Waals surface area (Å²) in [6.45, 7) is 4.80. The van der Waals surface area contributed by atoms with Crippen LogP contribution in [-0.2, 0) is 20.8 Å². The first-order valence-electron chi connectivity index (χ1n) is 7.07. The van der Waals surface area contributed by atoms with Gasteiger partial charge in [0.15, 0.2) is 0 Å². The molecular weight excluding hydrogens is 383 g/mol. The highest BCUT2D eigenvalue weighted by Crippen LogP contribution is 2.11. The SMILES string of the molecule is C=C(Br)C[C@@H](NC(=O)[C@@H](Cc1ccc(F)cc1)NC(C)=O)C(=O)O. The zero-order valence-electron chi connectivity index (χ0n) is 13.0. The summed E-state index contributed by atoms with van der Waals surface area (Å²) in [4.78, 5) is 34.9. The fourth-order valence-electron chi connectivity index (χ4n) is 2.00. The molecule has 0 spiro atoms. The summed E-state index contributed by atoms with van der Waals surface area (Å²) < 4.78 is 13.4. The highest BCUT2D eigenvalue weighted by atomic mass is 79.9. The molecule has 2 atom stereocenters. The maximum atomic E-state index is 12.9. The van der Waals surface area contributed by atoms with E-state index in [1.165, 1.54) is 31.2 Å². The summed E-state index contributed by atoms with van der Waals surface area (Å²) in [6.07, 6.45) is 0.109. The van der Waals surface area contributed by atoms with Gasteiger partial charge < -0.3 is 15.7 Å². The number of hydrogen-bond acceptors (Lipinski definition) is 3. The van der Waals surface area contributed by atoms with Gasteiger partial charge >= 0.3 is 5.97 Å². The molecule has 0 unspecified atom stereocenters. The Hall–Kier alpha value is -2.22. The predicted octanol–water partition coefficient (Wildman–Crippen LogP) is 1.74. The zero-order chi connectivity index (χ0) is 18.3. The van der Waals surface area contributed by atoms with E-state index in [4.69, 9.17) is 5.11 Å². The molecule has 130 valence electrons. The van der Waals surface area contributed by atoms with Gasteiger partial charge in [-0.15, -0.1) is 0 Å². The third-order valence-electron chi connectivity index (χ3n) is 3.09. The first-order chi connectivity index (χ1) is 11.2. The largest absolute Gasteiger partial charge is 0.480 e. The van der Waals surface area contributed by atoms with Gasteiger partial charge in [-0.1, -0.05) is 34.6 Å². The van der Waals surface area contributed by atoms with E-state index in [0.717, 1.165) is 0 Å². The maximum Gasteiger partial charge on any atom is 0.326 e. The van der Waals surface area contributed by atoms with Crippen LogP contribution in [0.1, 0.15) is 18.9 Å². The fourth-order valence-corrected chi connectivity index (χ4v) is 2.33. The van der Waals surface area contributed by atoms with Crippen molar-refractivity contribution in [3.05, 3.63) is 46.7 Å². The maximum absolute atomic E-state index is 12.9. The predicted molar refractivity (Wildman–Crippen MR) is 90.0 cm³/mol. The molecule has 0 aliphatic rings. The number of halogens is 2. The molecule has 24 heavy (non-hydrogen) atoms. The zero-order valence-corrected chi connectivity index (χ0v) is 14.6. The minimum Gasteiger partial charge on any atom is -0.480 e. The molecule has 0 bridgehead atoms. The van der Waals surface area contributed by atoms with Crippen molar-refractivity contribution in [2.45, 2.75) is 31.8 Å². The smallest absolute Gasteiger partial charge is 0.326 e. The molecule has 1 aromatic carbocycles. The fraction of sp³-hybridized carbons (Fsp3) is 0.312. The van der Waals surface area contributed by atoms with Crippen molar-refractivity contribution in [2.75, 3.05) is 0 Å². The number of aliphatic carboxylic acids is 1. The molecule has 8 heteroatoms. The minimum absolute atomic E-state index is 0.00438. The first-order valence-corrected chi connectivity index (χ1v) is 7.86. The molecule has 0 radical (unpaired) electrons. The van der Waals surface area contributed by atoms with Crippen LogP contribution in [0.25, 0.3) is 0 Å². The number of rotatable bonds is 8. The third kappa shape index (κ3) is 6.91. The second kappa shape index (κ2) is 9.17. The average Bonchev–Trinajstić information content (AvgIpc) is 2.47. The van der Waals surface area contributed by atoms with Gasteiger partial charge in [-0.05, 0) is 22.2 Å². The number of carbonyl (C=O) groups is 3. The number of hydrogen-bond donors (Lipinski definition) is 3. The quantitative estimate of drug-likeness (QED) is 0.619. The first kappa shape index (κ1) is 19.8. The van der Waals surface area contributed by atoms with Crippen LogP contribution >= 0.6 is 15.9 Å². The van der Waals surface area contributed by atoms with Gasteiger partial charge in [-0.3, -0.25) is 9.59 Å². The summed E-state index contributed by atoms with van der Waals surface area (Å²) in [6, 6.07) is 3.32. The van der Waals surface area contributed by atoms with Crippen LogP contribution in [0.2, 0.25) is 0 Å². The highest BCUT2D eigenvalue weighted by molar-refractivity contribution is 9.11. The van der Waals surface area contributed by atoms with E-state index in [9.17, 15) is 18.8 Å². The molecule has 6 nitrogen and oxygen atoms in total. The van der Waals surface area contributed by atoms with Crippen molar-refractivity contribution in [3.8, 4) is 0 Å². The molecule has 0 aliphatic carbocycles. The number of carbonyl (C=O) groups excluding carboxylic acids is 2. The Morgan fingerprint density at radius 1 is 1.21 bits per heavy atom. The van der Waals surface area contributed by atoms with E-state index < -0.39 is 35.7 Å². The lowest BCUT2D eigenvalue weighted by Crippen LogP contribution is -2.52. The Labute approximate surface area is 147 Å². The van der Waals surface area contributed by atoms with E-state index in [-0.39, 0.29) is 12.8 Å². The number of carboxylic acids is 1. The Balaban J connectivity index is 2.87. The lowest BCUT2D eigenvalue weighted by atomic mass is 10.0. The number of benzene rings is 1. The van der Waals surface area contributed by atoms with Crippen LogP contribution in [0, 0.1) is 5.82 Å². The van der Waals surface area contributed by atoms with Crippen molar-refractivity contribution >= 4 is 33.7 Å². The summed E-state index contributed by atoms with van der Waals surface area (Å²) in [5.41, 5.74) is 0.627. The standard InChI is InChI=1S/C16H18BrFN2O4/c1-9(17)7-14(16(23)24)20-15(22)13(19-10(2)21)8-11-3-5-12(18)6-4-11/h3-6,13-14H,1,7-8H2,2H3,(H,19,21)(H,20,22)(H,23,24)/t13-,14-/m1/s1. The summed E-state index contributed by atoms with van der Waals surface area (Å²) in [5, 5.41) is 14.0. The molecule has 1 aromatic rings. The van der Waals surface area contributed by atoms with Crippen LogP contribution in [0.3, 0.4) is 0 Å². The topological polar surface area (TPSA) is 95.5 Å². The second-order valence-electron chi connectivity index (χ2n) is 5.20. The van der Waals surface area contributed by atoms with Gasteiger partial charge in [0.25, 0.3) is 0 Å². The lowest BCUT2D eigenvalue weighted by molar-refractivity contribution is -0.142. The van der Waals surface area contributed by atoms with Gasteiger partial charge in [-0.25, -0.2) is 9.18 Å². The van der Waals surface area contributed by atoms with Crippen LogP contribution in [-0.4, -0.2) is 35.0 Å². The molecule has 0 fully saturated rings. The minimum atomic E-state index is -1.22. The summed E-state index contributed by atoms with van der Waals surface area (Å²) in [7, 11) is 0. The highest BCUT2D eigenvalue weighted by Gasteiger charge is 2.26. The molecule has 0 heterocycles. The summed E-state index contributed by atoms with van der Waals surface area (Å²) >= 11 is 3.06. The third-order valence-corrected chi connectivity index (χ3v) is 3.41. The van der Waals surface area contributed by atoms with E-state index in [0.29, 0.717) is 10.0 Å². The van der Waals surface area contributed by atoms with Gasteiger partial charge in [0, 0.05) is 19.8 Å². The van der Waals surface area contributed by atoms with Crippen LogP contribution < -0.4 is 10.6 Å². The normalized spacial score (nSPS) is 12.8. The number of carboxylic acid groups (broad SMARTS) is 1. The molecule has 0 aromatic heterocycles. The van der Waals surface area contributed by atoms with Crippen LogP contribution in [0.5, 0.6) is 0 Å². The Bertz CT molecular complexity index is 633. The van der Waals surface area contributed by atoms with Gasteiger partial charge in [0.05, 0.1) is 0 Å². The van der Waals surface area contributed by atoms with Gasteiger partial charge in [0.1, 0.15) is 17.9 Å². The monoisotopic (exact) mass is 400 g/mol. The Morgan fingerprint density at radius 2 is 1.79 bits per heavy atom. The molecule has 0 saturated heterocycles. The van der Waals surface area contributed by atoms with Gasteiger partial charge in [-0.2, -0.15) is 0 Å². The summed E-state index contributed by atoms with van der Waals surface area (Å²) in [5.74, 6) is -2.71. The molecule has 2 amide bonds. The van der Waals surface area contributed by atoms with E-state index in [2.05, 4.69) is 33.1 Å². The van der Waals surface area contributed by atoms with Gasteiger partial charge in [0.2, 0.25) is 11.8 Å². The van der Waals surface area contributed by atoms with Crippen molar-refractivity contribution in [3.63, 3.8) is 0 Å². The molecule has 1 rings (SSSR count). The van der Waals surface area contributed by atoms with Crippen molar-refractivity contribution < 1.29 is 23.9 Å². The second-order valence-corrected chi connectivity index (χ2v) is 6.33. The van der Waals surface area contributed by atoms with Crippen molar-refractivity contribution in [2.24, 2.45) is 0 Å². The molecular formula is C16H18BrFN2O4. The lowest BCUT2D eigenvalue weighted by Gasteiger charge is -2.21. The average molecular weight is 401 g/mol. The number of nitrogens with one attached hydrogen (secondary N) is 2. The van der Waals surface area contributed by atoms with Crippen molar-refractivity contribution in [1.29, 1.82) is 0 Å². The number of amides is 2. The van der Waals surface area contributed by atoms with E-state index in [1.807, 2.05) is 0 Å². The molecule has 0 saturated carbocycles.